The third-order valence-corrected chi connectivity index (χ3v) is 2.25. The molecule has 0 unspecified atom stereocenters. The molecule has 0 atom stereocenters. The Bertz CT molecular complexity index is 342. The molecule has 90 valence electrons. The predicted molar refractivity (Wildman–Crippen MR) is 65.4 cm³/mol. The second-order valence-electron chi connectivity index (χ2n) is 3.58. The standard InChI is InChI=1S/C12H19FN2O/c1-3-5-6-15-11-8-12(16-4-2)9(13)7-10(11)14/h7-8,15H,3-6,14H2,1-2H3. The lowest BCUT2D eigenvalue weighted by Crippen LogP contribution is -2.05. The molecule has 0 saturated heterocycles. The fourth-order valence-electron chi connectivity index (χ4n) is 1.39. The van der Waals surface area contributed by atoms with Crippen molar-refractivity contribution in [3.63, 3.8) is 0 Å². The lowest BCUT2D eigenvalue weighted by atomic mass is 10.2. The van der Waals surface area contributed by atoms with Gasteiger partial charge in [-0.2, -0.15) is 0 Å². The molecule has 1 aromatic carbocycles. The van der Waals surface area contributed by atoms with E-state index in [1.54, 1.807) is 6.07 Å². The first-order valence-corrected chi connectivity index (χ1v) is 5.64. The number of nitrogens with two attached hydrogens (primary N) is 1. The van der Waals surface area contributed by atoms with Crippen molar-refractivity contribution in [2.75, 3.05) is 24.2 Å². The fourth-order valence-corrected chi connectivity index (χ4v) is 1.39. The van der Waals surface area contributed by atoms with Crippen LogP contribution in [-0.2, 0) is 0 Å². The molecular weight excluding hydrogens is 207 g/mol. The van der Waals surface area contributed by atoms with E-state index in [0.29, 0.717) is 12.3 Å². The van der Waals surface area contributed by atoms with Crippen molar-refractivity contribution >= 4 is 11.4 Å². The van der Waals surface area contributed by atoms with Gasteiger partial charge in [0, 0.05) is 18.7 Å². The summed E-state index contributed by atoms with van der Waals surface area (Å²) in [5.74, 6) is -0.170. The number of nitrogens with one attached hydrogen (secondary N) is 1. The Morgan fingerprint density at radius 2 is 2.12 bits per heavy atom. The summed E-state index contributed by atoms with van der Waals surface area (Å²) >= 11 is 0. The topological polar surface area (TPSA) is 47.3 Å². The second kappa shape index (κ2) is 6.20. The molecule has 0 fully saturated rings. The summed E-state index contributed by atoms with van der Waals surface area (Å²) in [4.78, 5) is 0. The largest absolute Gasteiger partial charge is 0.491 e. The number of benzene rings is 1. The van der Waals surface area contributed by atoms with Gasteiger partial charge in [0.1, 0.15) is 0 Å². The second-order valence-corrected chi connectivity index (χ2v) is 3.58. The molecule has 0 bridgehead atoms. The van der Waals surface area contributed by atoms with Crippen LogP contribution < -0.4 is 15.8 Å². The van der Waals surface area contributed by atoms with Crippen molar-refractivity contribution in [3.05, 3.63) is 17.9 Å². The highest BCUT2D eigenvalue weighted by Crippen LogP contribution is 2.28. The quantitative estimate of drug-likeness (QED) is 0.579. The third-order valence-electron chi connectivity index (χ3n) is 2.25. The lowest BCUT2D eigenvalue weighted by Gasteiger charge is -2.12. The molecule has 3 N–H and O–H groups in total. The smallest absolute Gasteiger partial charge is 0.167 e. The number of halogens is 1. The SMILES string of the molecule is CCCCNc1cc(OCC)c(F)cc1N. The summed E-state index contributed by atoms with van der Waals surface area (Å²) in [5.41, 5.74) is 6.86. The number of anilines is 2. The highest BCUT2D eigenvalue weighted by molar-refractivity contribution is 5.68. The summed E-state index contributed by atoms with van der Waals surface area (Å²) < 4.78 is 18.5. The first-order chi connectivity index (χ1) is 7.69. The zero-order valence-corrected chi connectivity index (χ0v) is 9.85. The van der Waals surface area contributed by atoms with Gasteiger partial charge in [0.25, 0.3) is 0 Å². The van der Waals surface area contributed by atoms with Crippen molar-refractivity contribution in [1.29, 1.82) is 0 Å². The Labute approximate surface area is 95.8 Å². The zero-order chi connectivity index (χ0) is 12.0. The van der Waals surface area contributed by atoms with Crippen molar-refractivity contribution in [1.82, 2.24) is 0 Å². The first kappa shape index (κ1) is 12.6. The number of hydrogen-bond acceptors (Lipinski definition) is 3. The van der Waals surface area contributed by atoms with Gasteiger partial charge >= 0.3 is 0 Å². The van der Waals surface area contributed by atoms with Gasteiger partial charge in [0.05, 0.1) is 18.0 Å². The van der Waals surface area contributed by atoms with Gasteiger partial charge in [-0.3, -0.25) is 0 Å². The minimum absolute atomic E-state index is 0.246. The molecule has 0 aromatic heterocycles. The van der Waals surface area contributed by atoms with Gasteiger partial charge in [0.15, 0.2) is 11.6 Å². The molecule has 0 aliphatic heterocycles. The summed E-state index contributed by atoms with van der Waals surface area (Å²) in [6.07, 6.45) is 2.16. The summed E-state index contributed by atoms with van der Waals surface area (Å²) in [6, 6.07) is 2.91. The summed E-state index contributed by atoms with van der Waals surface area (Å²) in [7, 11) is 0. The van der Waals surface area contributed by atoms with Gasteiger partial charge in [0.2, 0.25) is 0 Å². The van der Waals surface area contributed by atoms with Gasteiger partial charge in [-0.05, 0) is 13.3 Å². The van der Waals surface area contributed by atoms with Crippen LogP contribution >= 0.6 is 0 Å². The maximum Gasteiger partial charge on any atom is 0.167 e. The Kier molecular flexibility index (Phi) is 4.89. The molecule has 0 saturated carbocycles. The van der Waals surface area contributed by atoms with Crippen LogP contribution in [0, 0.1) is 5.82 Å². The number of nitrogen functional groups attached to an aromatic ring is 1. The highest BCUT2D eigenvalue weighted by atomic mass is 19.1. The van der Waals surface area contributed by atoms with Crippen LogP contribution in [0.5, 0.6) is 5.75 Å². The average molecular weight is 226 g/mol. The van der Waals surface area contributed by atoms with Gasteiger partial charge in [-0.25, -0.2) is 4.39 Å². The van der Waals surface area contributed by atoms with E-state index in [1.165, 1.54) is 6.07 Å². The predicted octanol–water partition coefficient (Wildman–Crippen LogP) is 3.02. The molecule has 0 spiro atoms. The van der Waals surface area contributed by atoms with Gasteiger partial charge < -0.3 is 15.8 Å². The zero-order valence-electron chi connectivity index (χ0n) is 9.85. The Hall–Kier alpha value is -1.45. The van der Waals surface area contributed by atoms with Crippen LogP contribution in [0.15, 0.2) is 12.1 Å². The molecule has 1 rings (SSSR count). The number of rotatable bonds is 6. The van der Waals surface area contributed by atoms with Crippen molar-refractivity contribution in [2.24, 2.45) is 0 Å². The normalized spacial score (nSPS) is 10.2. The monoisotopic (exact) mass is 226 g/mol. The first-order valence-electron chi connectivity index (χ1n) is 5.64. The average Bonchev–Trinajstić information content (AvgIpc) is 2.25. The lowest BCUT2D eigenvalue weighted by molar-refractivity contribution is 0.322. The van der Waals surface area contributed by atoms with E-state index in [-0.39, 0.29) is 5.75 Å². The Morgan fingerprint density at radius 1 is 1.38 bits per heavy atom. The van der Waals surface area contributed by atoms with Crippen molar-refractivity contribution < 1.29 is 9.13 Å². The molecule has 4 heteroatoms. The number of unbranched alkanes of at least 4 members (excludes halogenated alkanes) is 1. The molecule has 0 radical (unpaired) electrons. The fraction of sp³-hybridized carbons (Fsp3) is 0.500. The molecule has 0 amide bonds. The molecular formula is C12H19FN2O. The molecule has 16 heavy (non-hydrogen) atoms. The Morgan fingerprint density at radius 3 is 2.75 bits per heavy atom. The van der Waals surface area contributed by atoms with Gasteiger partial charge in [-0.15, -0.1) is 0 Å². The van der Waals surface area contributed by atoms with Crippen LogP contribution in [0.3, 0.4) is 0 Å². The van der Waals surface area contributed by atoms with E-state index in [0.717, 1.165) is 25.1 Å². The van der Waals surface area contributed by atoms with Crippen LogP contribution in [0.25, 0.3) is 0 Å². The minimum atomic E-state index is -0.416. The molecule has 1 aromatic rings. The van der Waals surface area contributed by atoms with Crippen LogP contribution in [0.2, 0.25) is 0 Å². The molecule has 3 nitrogen and oxygen atoms in total. The molecule has 0 heterocycles. The third kappa shape index (κ3) is 3.29. The van der Waals surface area contributed by atoms with E-state index in [1.807, 2.05) is 6.92 Å². The summed E-state index contributed by atoms with van der Waals surface area (Å²) in [5, 5.41) is 3.17. The van der Waals surface area contributed by atoms with Crippen LogP contribution in [-0.4, -0.2) is 13.2 Å². The van der Waals surface area contributed by atoms with Crippen molar-refractivity contribution in [2.45, 2.75) is 26.7 Å². The van der Waals surface area contributed by atoms with Crippen LogP contribution in [0.4, 0.5) is 15.8 Å². The van der Waals surface area contributed by atoms with Crippen molar-refractivity contribution in [3.8, 4) is 5.75 Å². The number of ether oxygens (including phenoxy) is 1. The summed E-state index contributed by atoms with van der Waals surface area (Å²) in [6.45, 7) is 5.20. The molecule has 0 aliphatic rings. The molecule has 0 aliphatic carbocycles. The Balaban J connectivity index is 2.78. The van der Waals surface area contributed by atoms with E-state index in [4.69, 9.17) is 10.5 Å². The highest BCUT2D eigenvalue weighted by Gasteiger charge is 2.08. The van der Waals surface area contributed by atoms with Gasteiger partial charge in [-0.1, -0.05) is 13.3 Å². The number of hydrogen-bond donors (Lipinski definition) is 2. The maximum atomic E-state index is 13.4. The van der Waals surface area contributed by atoms with E-state index in [9.17, 15) is 4.39 Å². The van der Waals surface area contributed by atoms with Crippen LogP contribution in [0.1, 0.15) is 26.7 Å². The van der Waals surface area contributed by atoms with E-state index >= 15 is 0 Å². The van der Waals surface area contributed by atoms with E-state index < -0.39 is 5.82 Å². The maximum absolute atomic E-state index is 13.4. The van der Waals surface area contributed by atoms with E-state index in [2.05, 4.69) is 12.2 Å². The minimum Gasteiger partial charge on any atom is -0.491 e.